The maximum Gasteiger partial charge on any atom is 0.127 e. The van der Waals surface area contributed by atoms with Gasteiger partial charge in [0, 0.05) is 0 Å². The molecule has 0 radical (unpaired) electrons. The molecule has 2 rings (SSSR count). The van der Waals surface area contributed by atoms with Crippen LogP contribution in [-0.4, -0.2) is 39.3 Å². The molecule has 1 fully saturated rings. The molecule has 0 saturated heterocycles. The van der Waals surface area contributed by atoms with Gasteiger partial charge in [-0.05, 0) is 51.0 Å². The van der Waals surface area contributed by atoms with Crippen molar-refractivity contribution in [1.82, 2.24) is 0 Å². The number of hydrogen-bond acceptors (Lipinski definition) is 0. The SMILES string of the molecule is CC[NH+](CC)CC[NH+](C)C1CCC(c2ccccc2)CC1. The summed E-state index contributed by atoms with van der Waals surface area (Å²) in [5.41, 5.74) is 1.56. The first-order chi connectivity index (χ1) is 10.2. The van der Waals surface area contributed by atoms with Crippen molar-refractivity contribution >= 4 is 0 Å². The van der Waals surface area contributed by atoms with Gasteiger partial charge in [0.2, 0.25) is 0 Å². The first-order valence-electron chi connectivity index (χ1n) is 8.95. The topological polar surface area (TPSA) is 8.88 Å². The van der Waals surface area contributed by atoms with Gasteiger partial charge < -0.3 is 9.80 Å². The lowest BCUT2D eigenvalue weighted by atomic mass is 9.81. The van der Waals surface area contributed by atoms with Crippen LogP contribution in [0.4, 0.5) is 0 Å². The summed E-state index contributed by atoms with van der Waals surface area (Å²) in [7, 11) is 2.41. The summed E-state index contributed by atoms with van der Waals surface area (Å²) in [5.74, 6) is 0.809. The molecule has 0 amide bonds. The molecule has 1 aromatic rings. The average molecular weight is 290 g/mol. The quantitative estimate of drug-likeness (QED) is 0.745. The number of benzene rings is 1. The minimum atomic E-state index is 0.809. The Kier molecular flexibility index (Phi) is 6.72. The zero-order valence-corrected chi connectivity index (χ0v) is 14.2. The van der Waals surface area contributed by atoms with Crippen LogP contribution < -0.4 is 9.80 Å². The highest BCUT2D eigenvalue weighted by molar-refractivity contribution is 5.19. The molecule has 1 unspecified atom stereocenters. The van der Waals surface area contributed by atoms with Gasteiger partial charge in [0.15, 0.2) is 0 Å². The first-order valence-corrected chi connectivity index (χ1v) is 8.95. The highest BCUT2D eigenvalue weighted by atomic mass is 15.2. The highest BCUT2D eigenvalue weighted by Gasteiger charge is 2.27. The maximum absolute atomic E-state index is 2.41. The molecule has 1 aromatic carbocycles. The van der Waals surface area contributed by atoms with Crippen molar-refractivity contribution in [2.45, 2.75) is 51.5 Å². The van der Waals surface area contributed by atoms with Gasteiger partial charge in [-0.25, -0.2) is 0 Å². The lowest BCUT2D eigenvalue weighted by Gasteiger charge is -2.32. The van der Waals surface area contributed by atoms with E-state index in [1.54, 1.807) is 15.4 Å². The molecule has 1 atom stereocenters. The van der Waals surface area contributed by atoms with Crippen molar-refractivity contribution in [2.75, 3.05) is 33.2 Å². The minimum Gasteiger partial charge on any atom is -0.331 e. The molecule has 0 spiro atoms. The molecule has 0 aromatic heterocycles. The van der Waals surface area contributed by atoms with E-state index in [4.69, 9.17) is 0 Å². The standard InChI is InChI=1S/C19H32N2/c1-4-21(5-2)16-15-20(3)19-13-11-18(12-14-19)17-9-7-6-8-10-17/h6-10,18-19H,4-5,11-16H2,1-3H3/p+2. The van der Waals surface area contributed by atoms with E-state index >= 15 is 0 Å². The van der Waals surface area contributed by atoms with E-state index in [1.807, 2.05) is 0 Å². The molecule has 1 aliphatic rings. The van der Waals surface area contributed by atoms with Gasteiger partial charge in [-0.15, -0.1) is 0 Å². The van der Waals surface area contributed by atoms with Crippen molar-refractivity contribution in [2.24, 2.45) is 0 Å². The molecule has 2 N–H and O–H groups in total. The Balaban J connectivity index is 1.75. The van der Waals surface area contributed by atoms with Crippen molar-refractivity contribution in [3.05, 3.63) is 35.9 Å². The van der Waals surface area contributed by atoms with E-state index in [9.17, 15) is 0 Å². The second-order valence-electron chi connectivity index (χ2n) is 6.76. The fourth-order valence-electron chi connectivity index (χ4n) is 3.83. The van der Waals surface area contributed by atoms with Crippen LogP contribution >= 0.6 is 0 Å². The summed E-state index contributed by atoms with van der Waals surface area (Å²) in [6.07, 6.45) is 5.56. The van der Waals surface area contributed by atoms with Crippen LogP contribution in [0.1, 0.15) is 51.0 Å². The third-order valence-electron chi connectivity index (χ3n) is 5.57. The van der Waals surface area contributed by atoms with Crippen molar-refractivity contribution in [3.8, 4) is 0 Å². The Labute approximate surface area is 131 Å². The van der Waals surface area contributed by atoms with Crippen LogP contribution in [0.25, 0.3) is 0 Å². The summed E-state index contributed by atoms with van der Waals surface area (Å²) in [6.45, 7) is 9.81. The van der Waals surface area contributed by atoms with Gasteiger partial charge in [0.05, 0.1) is 26.2 Å². The number of likely N-dealkylation sites (N-methyl/N-ethyl adjacent to an activating group) is 2. The summed E-state index contributed by atoms with van der Waals surface area (Å²) < 4.78 is 0. The largest absolute Gasteiger partial charge is 0.331 e. The molecule has 0 aliphatic heterocycles. The van der Waals surface area contributed by atoms with E-state index in [1.165, 1.54) is 51.9 Å². The van der Waals surface area contributed by atoms with Crippen molar-refractivity contribution in [1.29, 1.82) is 0 Å². The summed E-state index contributed by atoms with van der Waals surface area (Å²) in [6, 6.07) is 12.0. The van der Waals surface area contributed by atoms with Crippen LogP contribution in [0, 0.1) is 0 Å². The number of quaternary nitrogens is 2. The second-order valence-corrected chi connectivity index (χ2v) is 6.76. The van der Waals surface area contributed by atoms with E-state index in [0.29, 0.717) is 0 Å². The fourth-order valence-corrected chi connectivity index (χ4v) is 3.83. The van der Waals surface area contributed by atoms with E-state index in [-0.39, 0.29) is 0 Å². The smallest absolute Gasteiger partial charge is 0.127 e. The van der Waals surface area contributed by atoms with Crippen molar-refractivity contribution < 1.29 is 9.80 Å². The van der Waals surface area contributed by atoms with E-state index in [2.05, 4.69) is 51.2 Å². The first kappa shape index (κ1) is 16.5. The molecule has 118 valence electrons. The van der Waals surface area contributed by atoms with Gasteiger partial charge >= 0.3 is 0 Å². The van der Waals surface area contributed by atoms with Crippen LogP contribution in [0.2, 0.25) is 0 Å². The predicted molar refractivity (Wildman–Crippen MR) is 90.1 cm³/mol. The molecule has 21 heavy (non-hydrogen) atoms. The lowest BCUT2D eigenvalue weighted by molar-refractivity contribution is -0.959. The Bertz CT molecular complexity index is 378. The lowest BCUT2D eigenvalue weighted by Crippen LogP contribution is -3.20. The molecule has 1 saturated carbocycles. The van der Waals surface area contributed by atoms with Crippen LogP contribution in [0.5, 0.6) is 0 Å². The highest BCUT2D eigenvalue weighted by Crippen LogP contribution is 2.31. The molecule has 2 nitrogen and oxygen atoms in total. The van der Waals surface area contributed by atoms with Crippen LogP contribution in [-0.2, 0) is 0 Å². The van der Waals surface area contributed by atoms with Gasteiger partial charge in [0.25, 0.3) is 0 Å². The summed E-state index contributed by atoms with van der Waals surface area (Å²) >= 11 is 0. The minimum absolute atomic E-state index is 0.809. The second kappa shape index (κ2) is 8.55. The monoisotopic (exact) mass is 290 g/mol. The Morgan fingerprint density at radius 2 is 1.52 bits per heavy atom. The summed E-state index contributed by atoms with van der Waals surface area (Å²) in [5, 5.41) is 0. The zero-order valence-electron chi connectivity index (χ0n) is 14.2. The molecule has 0 heterocycles. The number of hydrogen-bond donors (Lipinski definition) is 2. The van der Waals surface area contributed by atoms with E-state index in [0.717, 1.165) is 12.0 Å². The molecular formula is C19H34N2+2. The molecule has 1 aliphatic carbocycles. The predicted octanol–water partition coefficient (Wildman–Crippen LogP) is 1.15. The van der Waals surface area contributed by atoms with Crippen LogP contribution in [0.3, 0.4) is 0 Å². The third-order valence-corrected chi connectivity index (χ3v) is 5.57. The van der Waals surface area contributed by atoms with Gasteiger partial charge in [-0.2, -0.15) is 0 Å². The summed E-state index contributed by atoms with van der Waals surface area (Å²) in [4.78, 5) is 3.51. The van der Waals surface area contributed by atoms with Crippen molar-refractivity contribution in [3.63, 3.8) is 0 Å². The van der Waals surface area contributed by atoms with Gasteiger partial charge in [-0.1, -0.05) is 30.3 Å². The van der Waals surface area contributed by atoms with E-state index < -0.39 is 0 Å². The zero-order chi connectivity index (χ0) is 15.1. The Hall–Kier alpha value is -0.860. The van der Waals surface area contributed by atoms with Crippen LogP contribution in [0.15, 0.2) is 30.3 Å². The number of rotatable bonds is 7. The number of nitrogens with one attached hydrogen (secondary N) is 2. The fraction of sp³-hybridized carbons (Fsp3) is 0.684. The Morgan fingerprint density at radius 1 is 0.905 bits per heavy atom. The molecule has 2 heteroatoms. The van der Waals surface area contributed by atoms with Gasteiger partial charge in [-0.3, -0.25) is 0 Å². The normalized spacial score (nSPS) is 24.2. The maximum atomic E-state index is 2.41. The molecular weight excluding hydrogens is 256 g/mol. The third kappa shape index (κ3) is 4.82. The average Bonchev–Trinajstić information content (AvgIpc) is 2.56. The molecule has 0 bridgehead atoms. The Morgan fingerprint density at radius 3 is 2.10 bits per heavy atom. The van der Waals surface area contributed by atoms with Gasteiger partial charge in [0.1, 0.15) is 13.1 Å².